The maximum atomic E-state index is 12.9. The molecule has 1 heterocycles. The summed E-state index contributed by atoms with van der Waals surface area (Å²) in [5.74, 6) is -0.593. The molecule has 0 spiro atoms. The van der Waals surface area contributed by atoms with E-state index in [0.717, 1.165) is 5.69 Å². The lowest BCUT2D eigenvalue weighted by Gasteiger charge is -2.24. The third kappa shape index (κ3) is 5.39. The zero-order valence-electron chi connectivity index (χ0n) is 16.7. The van der Waals surface area contributed by atoms with Gasteiger partial charge in [0.1, 0.15) is 11.8 Å². The van der Waals surface area contributed by atoms with Gasteiger partial charge in [0.2, 0.25) is 5.91 Å². The van der Waals surface area contributed by atoms with Crippen molar-refractivity contribution in [2.24, 2.45) is 5.10 Å². The Kier molecular flexibility index (Phi) is 6.36. The van der Waals surface area contributed by atoms with Crippen LogP contribution in [0, 0.1) is 0 Å². The van der Waals surface area contributed by atoms with Crippen molar-refractivity contribution < 1.29 is 14.4 Å². The van der Waals surface area contributed by atoms with Crippen LogP contribution < -0.4 is 10.3 Å². The number of hydrogen-bond donors (Lipinski definition) is 1. The summed E-state index contributed by atoms with van der Waals surface area (Å²) in [6.45, 7) is 9.32. The van der Waals surface area contributed by atoms with Gasteiger partial charge in [0, 0.05) is 18.5 Å². The molecule has 1 unspecified atom stereocenters. The number of nitrogens with one attached hydrogen (secondary N) is 1. The van der Waals surface area contributed by atoms with Gasteiger partial charge in [-0.15, -0.1) is 0 Å². The van der Waals surface area contributed by atoms with Crippen LogP contribution in [0.15, 0.2) is 35.4 Å². The molecule has 0 saturated heterocycles. The molecule has 2 rings (SSSR count). The number of benzene rings is 1. The molecule has 0 saturated carbocycles. The molecule has 1 aromatic carbocycles. The van der Waals surface area contributed by atoms with Crippen LogP contribution in [0.1, 0.15) is 41.0 Å². The van der Waals surface area contributed by atoms with Gasteiger partial charge in [-0.1, -0.05) is 18.2 Å². The van der Waals surface area contributed by atoms with E-state index in [1.54, 1.807) is 5.01 Å². The Bertz CT molecular complexity index is 737. The molecule has 0 bridgehead atoms. The lowest BCUT2D eigenvalue weighted by molar-refractivity contribution is -0.131. The quantitative estimate of drug-likeness (QED) is 0.828. The molecule has 0 fully saturated rings. The van der Waals surface area contributed by atoms with Crippen LogP contribution in [0.4, 0.5) is 5.69 Å². The minimum atomic E-state index is -0.506. The predicted octanol–water partition coefficient (Wildman–Crippen LogP) is 1.97. The summed E-state index contributed by atoms with van der Waals surface area (Å²) in [6, 6.07) is 8.79. The summed E-state index contributed by atoms with van der Waals surface area (Å²) < 4.78 is 0. The minimum Gasteiger partial charge on any atom is -0.350 e. The average molecular weight is 372 g/mol. The van der Waals surface area contributed by atoms with Crippen molar-refractivity contribution in [2.45, 2.75) is 52.6 Å². The Balaban J connectivity index is 2.18. The van der Waals surface area contributed by atoms with E-state index in [1.807, 2.05) is 58.0 Å². The standard InChI is InChI=1S/C20H28N4O3/c1-6-23(13-18(26)21-20(3,4)5)19(27)16-12-17(14(2)25)24(22-16)15-10-8-7-9-11-15/h7-11,17H,6,12-13H2,1-5H3,(H,21,26). The highest BCUT2D eigenvalue weighted by Crippen LogP contribution is 2.25. The Morgan fingerprint density at radius 1 is 1.22 bits per heavy atom. The third-order valence-corrected chi connectivity index (χ3v) is 4.17. The van der Waals surface area contributed by atoms with Gasteiger partial charge in [-0.25, -0.2) is 0 Å². The first-order valence-corrected chi connectivity index (χ1v) is 9.15. The number of hydrogen-bond acceptors (Lipinski definition) is 5. The van der Waals surface area contributed by atoms with Gasteiger partial charge in [-0.05, 0) is 46.8 Å². The minimum absolute atomic E-state index is 0.0400. The number of Topliss-reactive ketones (excluding diaryl/α,β-unsaturated/α-hetero) is 1. The SMILES string of the molecule is CCN(CC(=O)NC(C)(C)C)C(=O)C1=NN(c2ccccc2)C(C(C)=O)C1. The number of carbonyl (C=O) groups is 3. The molecule has 7 heteroatoms. The number of ketones is 1. The van der Waals surface area contributed by atoms with Crippen molar-refractivity contribution in [3.05, 3.63) is 30.3 Å². The molecule has 0 aromatic heterocycles. The van der Waals surface area contributed by atoms with E-state index in [9.17, 15) is 14.4 Å². The molecule has 1 atom stereocenters. The van der Waals surface area contributed by atoms with Crippen molar-refractivity contribution in [3.63, 3.8) is 0 Å². The first kappa shape index (κ1) is 20.6. The maximum absolute atomic E-state index is 12.9. The van der Waals surface area contributed by atoms with Crippen LogP contribution >= 0.6 is 0 Å². The second kappa shape index (κ2) is 8.33. The molecule has 1 N–H and O–H groups in total. The monoisotopic (exact) mass is 372 g/mol. The maximum Gasteiger partial charge on any atom is 0.270 e. The topological polar surface area (TPSA) is 82.1 Å². The zero-order chi connectivity index (χ0) is 20.2. The van der Waals surface area contributed by atoms with Gasteiger partial charge in [0.05, 0.1) is 12.2 Å². The van der Waals surface area contributed by atoms with Gasteiger partial charge in [0.25, 0.3) is 5.91 Å². The van der Waals surface area contributed by atoms with Crippen LogP contribution in [0.3, 0.4) is 0 Å². The fourth-order valence-electron chi connectivity index (χ4n) is 2.92. The first-order chi connectivity index (χ1) is 12.6. The second-order valence-electron chi connectivity index (χ2n) is 7.67. The third-order valence-electron chi connectivity index (χ3n) is 4.17. The number of rotatable bonds is 6. The molecule has 27 heavy (non-hydrogen) atoms. The number of para-hydroxylation sites is 1. The average Bonchev–Trinajstić information content (AvgIpc) is 3.04. The molecule has 0 radical (unpaired) electrons. The van der Waals surface area contributed by atoms with E-state index >= 15 is 0 Å². The summed E-state index contributed by atoms with van der Waals surface area (Å²) in [6.07, 6.45) is 0.237. The molecule has 2 amide bonds. The molecule has 146 valence electrons. The number of hydrazone groups is 1. The second-order valence-corrected chi connectivity index (χ2v) is 7.67. The molecule has 7 nitrogen and oxygen atoms in total. The van der Waals surface area contributed by atoms with Crippen molar-refractivity contribution in [1.82, 2.24) is 10.2 Å². The highest BCUT2D eigenvalue weighted by Gasteiger charge is 2.36. The summed E-state index contributed by atoms with van der Waals surface area (Å²) in [5, 5.41) is 8.87. The van der Waals surface area contributed by atoms with Crippen LogP contribution in [-0.4, -0.2) is 52.9 Å². The van der Waals surface area contributed by atoms with Crippen molar-refractivity contribution in [1.29, 1.82) is 0 Å². The van der Waals surface area contributed by atoms with Crippen molar-refractivity contribution in [2.75, 3.05) is 18.1 Å². The van der Waals surface area contributed by atoms with Gasteiger partial charge < -0.3 is 10.2 Å². The summed E-state index contributed by atoms with van der Waals surface area (Å²) in [5.41, 5.74) is 0.687. The smallest absolute Gasteiger partial charge is 0.270 e. The largest absolute Gasteiger partial charge is 0.350 e. The molecular weight excluding hydrogens is 344 g/mol. The number of amides is 2. The summed E-state index contributed by atoms with van der Waals surface area (Å²) in [7, 11) is 0. The van der Waals surface area contributed by atoms with Crippen LogP contribution in [0.2, 0.25) is 0 Å². The van der Waals surface area contributed by atoms with Gasteiger partial charge >= 0.3 is 0 Å². The van der Waals surface area contributed by atoms with Gasteiger partial charge in [-0.3, -0.25) is 19.4 Å². The van der Waals surface area contributed by atoms with E-state index in [4.69, 9.17) is 0 Å². The lowest BCUT2D eigenvalue weighted by Crippen LogP contribution is -2.48. The number of nitrogens with zero attached hydrogens (tertiary/aromatic N) is 3. The van der Waals surface area contributed by atoms with Gasteiger partial charge in [0.15, 0.2) is 5.78 Å². The van der Waals surface area contributed by atoms with E-state index in [0.29, 0.717) is 12.3 Å². The van der Waals surface area contributed by atoms with E-state index in [1.165, 1.54) is 11.8 Å². The Morgan fingerprint density at radius 2 is 1.85 bits per heavy atom. The number of anilines is 1. The molecule has 0 aliphatic carbocycles. The summed E-state index contributed by atoms with van der Waals surface area (Å²) >= 11 is 0. The Morgan fingerprint density at radius 3 is 2.37 bits per heavy atom. The molecule has 1 aliphatic rings. The predicted molar refractivity (Wildman–Crippen MR) is 106 cm³/mol. The zero-order valence-corrected chi connectivity index (χ0v) is 16.7. The normalized spacial score (nSPS) is 16.7. The molecule has 1 aromatic rings. The van der Waals surface area contributed by atoms with E-state index < -0.39 is 6.04 Å². The summed E-state index contributed by atoms with van der Waals surface area (Å²) in [4.78, 5) is 38.6. The Labute approximate surface area is 160 Å². The van der Waals surface area contributed by atoms with E-state index in [2.05, 4.69) is 10.4 Å². The number of likely N-dealkylation sites (N-methyl/N-ethyl adjacent to an activating group) is 1. The van der Waals surface area contributed by atoms with Crippen molar-refractivity contribution in [3.8, 4) is 0 Å². The first-order valence-electron chi connectivity index (χ1n) is 9.15. The molecule has 1 aliphatic heterocycles. The fraction of sp³-hybridized carbons (Fsp3) is 0.500. The van der Waals surface area contributed by atoms with E-state index in [-0.39, 0.29) is 36.1 Å². The number of carbonyl (C=O) groups excluding carboxylic acids is 3. The van der Waals surface area contributed by atoms with Crippen LogP contribution in [-0.2, 0) is 14.4 Å². The van der Waals surface area contributed by atoms with Crippen molar-refractivity contribution >= 4 is 29.0 Å². The van der Waals surface area contributed by atoms with Gasteiger partial charge in [-0.2, -0.15) is 5.10 Å². The molecular formula is C20H28N4O3. The van der Waals surface area contributed by atoms with Crippen LogP contribution in [0.25, 0.3) is 0 Å². The fourth-order valence-corrected chi connectivity index (χ4v) is 2.92. The highest BCUT2D eigenvalue weighted by atomic mass is 16.2. The van der Waals surface area contributed by atoms with Crippen LogP contribution in [0.5, 0.6) is 0 Å². The highest BCUT2D eigenvalue weighted by molar-refractivity contribution is 6.40. The lowest BCUT2D eigenvalue weighted by atomic mass is 10.1. The Hall–Kier alpha value is -2.70.